The number of fused-ring (bicyclic) bond motifs is 2. The molecule has 2 bridgehead atoms. The molecule has 0 aromatic heterocycles. The maximum atomic E-state index is 11.6. The van der Waals surface area contributed by atoms with Gasteiger partial charge < -0.3 is 15.3 Å². The number of aliphatic hydroxyl groups excluding tert-OH is 1. The lowest BCUT2D eigenvalue weighted by atomic mass is 9.78. The third-order valence-corrected chi connectivity index (χ3v) is 6.28. The van der Waals surface area contributed by atoms with Gasteiger partial charge >= 0.3 is 11.9 Å². The van der Waals surface area contributed by atoms with E-state index in [1.807, 2.05) is 18.2 Å². The zero-order valence-electron chi connectivity index (χ0n) is 19.5. The van der Waals surface area contributed by atoms with Gasteiger partial charge in [-0.25, -0.2) is 0 Å². The van der Waals surface area contributed by atoms with E-state index in [0.717, 1.165) is 50.5 Å². The van der Waals surface area contributed by atoms with Crippen molar-refractivity contribution in [2.75, 3.05) is 0 Å². The largest absolute Gasteiger partial charge is 0.508 e. The Morgan fingerprint density at radius 3 is 1.52 bits per heavy atom. The lowest BCUT2D eigenvalue weighted by Crippen LogP contribution is -2.39. The zero-order valence-corrected chi connectivity index (χ0v) is 19.5. The van der Waals surface area contributed by atoms with Crippen LogP contribution in [0.4, 0.5) is 0 Å². The quantitative estimate of drug-likeness (QED) is 0.174. The number of carboxylic acid groups (broad SMARTS) is 2. The third-order valence-electron chi connectivity index (χ3n) is 6.28. The SMILES string of the molecule is CCCCCCCCC(CCCCCCCC)(C(=O)O)C(=O)O.OC1=C2C=CC(=C1)C2. The average molecular weight is 435 g/mol. The summed E-state index contributed by atoms with van der Waals surface area (Å²) in [7, 11) is 0. The van der Waals surface area contributed by atoms with Gasteiger partial charge in [0, 0.05) is 6.42 Å². The minimum absolute atomic E-state index is 0.263. The van der Waals surface area contributed by atoms with Crippen LogP contribution in [0, 0.1) is 5.41 Å². The van der Waals surface area contributed by atoms with Crippen molar-refractivity contribution in [2.45, 2.75) is 110 Å². The molecule has 3 N–H and O–H groups in total. The van der Waals surface area contributed by atoms with E-state index >= 15 is 0 Å². The Morgan fingerprint density at radius 2 is 1.23 bits per heavy atom. The highest BCUT2D eigenvalue weighted by molar-refractivity contribution is 5.98. The molecule has 0 saturated heterocycles. The minimum atomic E-state index is -1.57. The van der Waals surface area contributed by atoms with Gasteiger partial charge in [-0.1, -0.05) is 103 Å². The lowest BCUT2D eigenvalue weighted by molar-refractivity contribution is -0.166. The Morgan fingerprint density at radius 1 is 0.774 bits per heavy atom. The summed E-state index contributed by atoms with van der Waals surface area (Å²) in [6.07, 6.45) is 19.7. The summed E-state index contributed by atoms with van der Waals surface area (Å²) in [6, 6.07) is 0. The van der Waals surface area contributed by atoms with Crippen LogP contribution in [0.15, 0.2) is 35.1 Å². The van der Waals surface area contributed by atoms with Crippen LogP contribution in [0.1, 0.15) is 110 Å². The Hall–Kier alpha value is -2.04. The standard InChI is InChI=1S/C19H36O4.C7H6O/c1-3-5-7-9-11-13-15-19(17(20)21,18(22)23)16-14-12-10-8-6-4-2;8-7-4-5-1-2-6(7)3-5/h3-16H2,1-2H3,(H,20,21)(H,22,23);1-2,4,8H,3H2. The number of carbonyl (C=O) groups is 2. The van der Waals surface area contributed by atoms with Gasteiger partial charge in [-0.2, -0.15) is 0 Å². The number of allylic oxidation sites excluding steroid dienone is 5. The average Bonchev–Trinajstić information content (AvgIpc) is 3.34. The molecule has 0 unspecified atom stereocenters. The Labute approximate surface area is 187 Å². The van der Waals surface area contributed by atoms with Crippen molar-refractivity contribution < 1.29 is 24.9 Å². The van der Waals surface area contributed by atoms with Crippen molar-refractivity contribution in [3.63, 3.8) is 0 Å². The molecule has 5 nitrogen and oxygen atoms in total. The van der Waals surface area contributed by atoms with E-state index in [1.165, 1.54) is 31.3 Å². The number of aliphatic hydroxyl groups is 1. The van der Waals surface area contributed by atoms with Crippen LogP contribution in [0.5, 0.6) is 0 Å². The Kier molecular flexibility index (Phi) is 13.0. The summed E-state index contributed by atoms with van der Waals surface area (Å²) in [6.45, 7) is 4.31. The Balaban J connectivity index is 0.000000487. The molecular weight excluding hydrogens is 392 g/mol. The lowest BCUT2D eigenvalue weighted by Gasteiger charge is -2.25. The number of hydrogen-bond acceptors (Lipinski definition) is 3. The van der Waals surface area contributed by atoms with Crippen LogP contribution in [0.3, 0.4) is 0 Å². The molecule has 2 aliphatic rings. The van der Waals surface area contributed by atoms with Gasteiger partial charge in [0.05, 0.1) is 0 Å². The van der Waals surface area contributed by atoms with Crippen LogP contribution in [0.25, 0.3) is 0 Å². The summed E-state index contributed by atoms with van der Waals surface area (Å²) in [5, 5.41) is 28.0. The second-order valence-corrected chi connectivity index (χ2v) is 8.87. The highest BCUT2D eigenvalue weighted by atomic mass is 16.4. The first-order chi connectivity index (χ1) is 14.9. The van der Waals surface area contributed by atoms with Crippen LogP contribution >= 0.6 is 0 Å². The molecule has 0 fully saturated rings. The van der Waals surface area contributed by atoms with Crippen LogP contribution in [-0.2, 0) is 9.59 Å². The van der Waals surface area contributed by atoms with Crippen molar-refractivity contribution in [3.05, 3.63) is 35.1 Å². The fourth-order valence-electron chi connectivity index (χ4n) is 4.15. The van der Waals surface area contributed by atoms with Crippen molar-refractivity contribution in [1.29, 1.82) is 0 Å². The second kappa shape index (κ2) is 14.9. The summed E-state index contributed by atoms with van der Waals surface area (Å²) < 4.78 is 0. The fourth-order valence-corrected chi connectivity index (χ4v) is 4.15. The topological polar surface area (TPSA) is 94.8 Å². The molecule has 0 aliphatic heterocycles. The highest BCUT2D eigenvalue weighted by Crippen LogP contribution is 2.33. The van der Waals surface area contributed by atoms with E-state index in [2.05, 4.69) is 13.8 Å². The summed E-state index contributed by atoms with van der Waals surface area (Å²) in [5.41, 5.74) is 0.729. The van der Waals surface area contributed by atoms with Crippen LogP contribution < -0.4 is 0 Å². The monoisotopic (exact) mass is 434 g/mol. The number of aliphatic carboxylic acids is 2. The van der Waals surface area contributed by atoms with Crippen molar-refractivity contribution in [1.82, 2.24) is 0 Å². The van der Waals surface area contributed by atoms with Gasteiger partial charge in [0.25, 0.3) is 0 Å². The number of carboxylic acids is 2. The summed E-state index contributed by atoms with van der Waals surface area (Å²) in [4.78, 5) is 23.2. The summed E-state index contributed by atoms with van der Waals surface area (Å²) >= 11 is 0. The van der Waals surface area contributed by atoms with E-state index in [0.29, 0.717) is 18.6 Å². The number of rotatable bonds is 16. The van der Waals surface area contributed by atoms with Gasteiger partial charge in [0.1, 0.15) is 5.76 Å². The van der Waals surface area contributed by atoms with Gasteiger partial charge in [0.15, 0.2) is 5.41 Å². The molecule has 0 radical (unpaired) electrons. The van der Waals surface area contributed by atoms with Gasteiger partial charge in [-0.05, 0) is 30.1 Å². The molecular formula is C26H42O5. The maximum absolute atomic E-state index is 11.6. The molecule has 5 heteroatoms. The predicted octanol–water partition coefficient (Wildman–Crippen LogP) is 7.34. The van der Waals surface area contributed by atoms with Gasteiger partial charge in [-0.3, -0.25) is 9.59 Å². The molecule has 0 saturated carbocycles. The van der Waals surface area contributed by atoms with E-state index in [9.17, 15) is 19.8 Å². The highest BCUT2D eigenvalue weighted by Gasteiger charge is 2.45. The molecule has 0 amide bonds. The van der Waals surface area contributed by atoms with Crippen LogP contribution in [-0.4, -0.2) is 27.3 Å². The predicted molar refractivity (Wildman–Crippen MR) is 125 cm³/mol. The van der Waals surface area contributed by atoms with E-state index in [-0.39, 0.29) is 12.8 Å². The van der Waals surface area contributed by atoms with Crippen molar-refractivity contribution in [3.8, 4) is 0 Å². The molecule has 0 atom stereocenters. The number of hydrogen-bond donors (Lipinski definition) is 3. The molecule has 0 heterocycles. The third kappa shape index (κ3) is 9.32. The van der Waals surface area contributed by atoms with Crippen LogP contribution in [0.2, 0.25) is 0 Å². The second-order valence-electron chi connectivity index (χ2n) is 8.87. The maximum Gasteiger partial charge on any atom is 0.321 e. The Bertz CT molecular complexity index is 625. The molecule has 2 aliphatic carbocycles. The van der Waals surface area contributed by atoms with E-state index in [1.54, 1.807) is 0 Å². The normalized spacial score (nSPS) is 14.5. The molecule has 31 heavy (non-hydrogen) atoms. The number of unbranched alkanes of at least 4 members (excludes halogenated alkanes) is 10. The molecule has 0 spiro atoms. The smallest absolute Gasteiger partial charge is 0.321 e. The molecule has 2 rings (SSSR count). The molecule has 176 valence electrons. The summed E-state index contributed by atoms with van der Waals surface area (Å²) in [5.74, 6) is -1.86. The first-order valence-electron chi connectivity index (χ1n) is 12.1. The van der Waals surface area contributed by atoms with E-state index in [4.69, 9.17) is 5.11 Å². The van der Waals surface area contributed by atoms with Crippen molar-refractivity contribution in [2.24, 2.45) is 5.41 Å². The van der Waals surface area contributed by atoms with Gasteiger partial charge in [0.2, 0.25) is 0 Å². The first-order valence-corrected chi connectivity index (χ1v) is 12.1. The van der Waals surface area contributed by atoms with Gasteiger partial charge in [-0.15, -0.1) is 0 Å². The fraction of sp³-hybridized carbons (Fsp3) is 0.692. The van der Waals surface area contributed by atoms with Crippen molar-refractivity contribution >= 4 is 11.9 Å². The van der Waals surface area contributed by atoms with E-state index < -0.39 is 17.4 Å². The zero-order chi connectivity index (χ0) is 23.1. The first kappa shape index (κ1) is 27.0. The molecule has 0 aromatic carbocycles. The molecule has 0 aromatic rings. The minimum Gasteiger partial charge on any atom is -0.508 e.